The normalized spacial score (nSPS) is 18.8. The first-order chi connectivity index (χ1) is 5.79. The lowest BCUT2D eigenvalue weighted by molar-refractivity contribution is 0.420. The highest BCUT2D eigenvalue weighted by Crippen LogP contribution is 2.38. The second-order valence-electron chi connectivity index (χ2n) is 3.23. The number of hydrogen-bond acceptors (Lipinski definition) is 3. The molecule has 1 heterocycles. The van der Waals surface area contributed by atoms with Crippen LogP contribution in [0.2, 0.25) is 5.02 Å². The summed E-state index contributed by atoms with van der Waals surface area (Å²) in [7, 11) is 0. The Hall–Kier alpha value is -0.700. The molecule has 0 bridgehead atoms. The lowest BCUT2D eigenvalue weighted by Crippen LogP contribution is -1.92. The Kier molecular flexibility index (Phi) is 1.97. The molecule has 2 N–H and O–H groups in total. The minimum Gasteiger partial charge on any atom is -0.366 e. The number of nitrogens with zero attached hydrogens (tertiary/aromatic N) is 1. The van der Waals surface area contributed by atoms with Crippen LogP contribution in [0.5, 0.6) is 0 Å². The molecule has 1 aliphatic carbocycles. The summed E-state index contributed by atoms with van der Waals surface area (Å²) in [5, 5.41) is 4.38. The maximum absolute atomic E-state index is 5.91. The van der Waals surface area contributed by atoms with Crippen molar-refractivity contribution < 1.29 is 4.52 Å². The molecular formula is C8H11ClN2O. The van der Waals surface area contributed by atoms with Gasteiger partial charge in [0, 0.05) is 5.92 Å². The van der Waals surface area contributed by atoms with Crippen molar-refractivity contribution in [1.82, 2.24) is 5.16 Å². The average molecular weight is 187 g/mol. The minimum atomic E-state index is 0.249. The van der Waals surface area contributed by atoms with E-state index >= 15 is 0 Å². The number of nitrogen functional groups attached to an aromatic ring is 1. The molecule has 12 heavy (non-hydrogen) atoms. The van der Waals surface area contributed by atoms with Crippen molar-refractivity contribution in [3.63, 3.8) is 0 Å². The molecule has 1 aromatic heterocycles. The Morgan fingerprint density at radius 3 is 2.58 bits per heavy atom. The van der Waals surface area contributed by atoms with Gasteiger partial charge >= 0.3 is 0 Å². The summed E-state index contributed by atoms with van der Waals surface area (Å²) in [6.45, 7) is 0. The molecular weight excluding hydrogens is 176 g/mol. The van der Waals surface area contributed by atoms with Crippen LogP contribution in [0.1, 0.15) is 37.3 Å². The number of aromatic nitrogens is 1. The van der Waals surface area contributed by atoms with E-state index in [1.54, 1.807) is 0 Å². The van der Waals surface area contributed by atoms with Crippen LogP contribution in [-0.2, 0) is 0 Å². The Morgan fingerprint density at radius 2 is 2.08 bits per heavy atom. The third-order valence-corrected chi connectivity index (χ3v) is 2.81. The van der Waals surface area contributed by atoms with Crippen LogP contribution in [0.15, 0.2) is 4.52 Å². The number of anilines is 1. The van der Waals surface area contributed by atoms with Gasteiger partial charge in [0.05, 0.1) is 0 Å². The third kappa shape index (κ3) is 1.18. The van der Waals surface area contributed by atoms with Crippen molar-refractivity contribution in [2.24, 2.45) is 0 Å². The van der Waals surface area contributed by atoms with Gasteiger partial charge in [0.15, 0.2) is 0 Å². The van der Waals surface area contributed by atoms with Gasteiger partial charge in [0.2, 0.25) is 5.88 Å². The predicted molar refractivity (Wildman–Crippen MR) is 47.1 cm³/mol. The van der Waals surface area contributed by atoms with E-state index in [-0.39, 0.29) is 5.88 Å². The topological polar surface area (TPSA) is 52.0 Å². The van der Waals surface area contributed by atoms with Gasteiger partial charge in [-0.25, -0.2) is 0 Å². The van der Waals surface area contributed by atoms with E-state index in [1.165, 1.54) is 12.8 Å². The molecule has 1 fully saturated rings. The summed E-state index contributed by atoms with van der Waals surface area (Å²) >= 11 is 5.91. The maximum atomic E-state index is 5.91. The van der Waals surface area contributed by atoms with Gasteiger partial charge in [0.25, 0.3) is 0 Å². The highest BCUT2D eigenvalue weighted by atomic mass is 35.5. The van der Waals surface area contributed by atoms with Gasteiger partial charge in [-0.3, -0.25) is 0 Å². The standard InChI is InChI=1S/C8H11ClN2O/c9-6-7(11-12-8(6)10)5-3-1-2-4-5/h5H,1-4,10H2. The molecule has 4 heteroatoms. The zero-order chi connectivity index (χ0) is 8.55. The smallest absolute Gasteiger partial charge is 0.241 e. The first-order valence-electron chi connectivity index (χ1n) is 4.19. The van der Waals surface area contributed by atoms with E-state index in [0.717, 1.165) is 18.5 Å². The molecule has 0 aliphatic heterocycles. The number of rotatable bonds is 1. The second kappa shape index (κ2) is 2.98. The highest BCUT2D eigenvalue weighted by molar-refractivity contribution is 6.33. The van der Waals surface area contributed by atoms with Crippen LogP contribution in [0.4, 0.5) is 5.88 Å². The van der Waals surface area contributed by atoms with Gasteiger partial charge < -0.3 is 10.3 Å². The van der Waals surface area contributed by atoms with E-state index in [0.29, 0.717) is 10.9 Å². The largest absolute Gasteiger partial charge is 0.366 e. The molecule has 1 aromatic rings. The first kappa shape index (κ1) is 7.92. The van der Waals surface area contributed by atoms with Crippen molar-refractivity contribution in [2.75, 3.05) is 5.73 Å². The maximum Gasteiger partial charge on any atom is 0.241 e. The Morgan fingerprint density at radius 1 is 1.42 bits per heavy atom. The molecule has 0 amide bonds. The Labute approximate surface area is 75.9 Å². The molecule has 0 radical (unpaired) electrons. The summed E-state index contributed by atoms with van der Waals surface area (Å²) in [5.74, 6) is 0.720. The summed E-state index contributed by atoms with van der Waals surface area (Å²) in [6, 6.07) is 0. The van der Waals surface area contributed by atoms with Crippen LogP contribution in [0.25, 0.3) is 0 Å². The molecule has 3 nitrogen and oxygen atoms in total. The highest BCUT2D eigenvalue weighted by Gasteiger charge is 2.24. The first-order valence-corrected chi connectivity index (χ1v) is 4.57. The third-order valence-electron chi connectivity index (χ3n) is 2.43. The van der Waals surface area contributed by atoms with Crippen LogP contribution < -0.4 is 5.73 Å². The fourth-order valence-corrected chi connectivity index (χ4v) is 1.98. The van der Waals surface area contributed by atoms with E-state index < -0.39 is 0 Å². The molecule has 0 atom stereocenters. The van der Waals surface area contributed by atoms with Crippen molar-refractivity contribution in [1.29, 1.82) is 0 Å². The molecule has 0 spiro atoms. The van der Waals surface area contributed by atoms with Crippen molar-refractivity contribution >= 4 is 17.5 Å². The summed E-state index contributed by atoms with van der Waals surface area (Å²) < 4.78 is 4.80. The molecule has 1 aliphatic rings. The monoisotopic (exact) mass is 186 g/mol. The van der Waals surface area contributed by atoms with E-state index in [2.05, 4.69) is 5.16 Å². The van der Waals surface area contributed by atoms with E-state index in [9.17, 15) is 0 Å². The van der Waals surface area contributed by atoms with Crippen LogP contribution in [0.3, 0.4) is 0 Å². The van der Waals surface area contributed by atoms with Gasteiger partial charge in [-0.15, -0.1) is 0 Å². The number of hydrogen-bond donors (Lipinski definition) is 1. The minimum absolute atomic E-state index is 0.249. The van der Waals surface area contributed by atoms with E-state index in [1.807, 2.05) is 0 Å². The summed E-state index contributed by atoms with van der Waals surface area (Å²) in [4.78, 5) is 0. The molecule has 0 aromatic carbocycles. The zero-order valence-electron chi connectivity index (χ0n) is 6.72. The van der Waals surface area contributed by atoms with Crippen molar-refractivity contribution in [3.05, 3.63) is 10.7 Å². The predicted octanol–water partition coefficient (Wildman–Crippen LogP) is 2.57. The summed E-state index contributed by atoms with van der Waals surface area (Å²) in [5.41, 5.74) is 6.30. The lowest BCUT2D eigenvalue weighted by Gasteiger charge is -2.02. The fourth-order valence-electron chi connectivity index (χ4n) is 1.76. The van der Waals surface area contributed by atoms with Gasteiger partial charge in [0.1, 0.15) is 10.7 Å². The van der Waals surface area contributed by atoms with Crippen molar-refractivity contribution in [2.45, 2.75) is 31.6 Å². The average Bonchev–Trinajstić information content (AvgIpc) is 2.64. The zero-order valence-corrected chi connectivity index (χ0v) is 7.47. The fraction of sp³-hybridized carbons (Fsp3) is 0.625. The molecule has 0 saturated heterocycles. The molecule has 1 saturated carbocycles. The van der Waals surface area contributed by atoms with Crippen LogP contribution in [-0.4, -0.2) is 5.16 Å². The van der Waals surface area contributed by atoms with Crippen LogP contribution >= 0.6 is 11.6 Å². The molecule has 66 valence electrons. The molecule has 2 rings (SSSR count). The van der Waals surface area contributed by atoms with Gasteiger partial charge in [-0.2, -0.15) is 0 Å². The number of nitrogens with two attached hydrogens (primary N) is 1. The van der Waals surface area contributed by atoms with Gasteiger partial charge in [-0.1, -0.05) is 29.6 Å². The SMILES string of the molecule is Nc1onc(C2CCCC2)c1Cl. The Bertz CT molecular complexity index is 279. The van der Waals surface area contributed by atoms with Crippen LogP contribution in [0, 0.1) is 0 Å². The van der Waals surface area contributed by atoms with Gasteiger partial charge in [-0.05, 0) is 12.8 Å². The number of halogens is 1. The quantitative estimate of drug-likeness (QED) is 0.734. The molecule has 0 unspecified atom stereocenters. The van der Waals surface area contributed by atoms with Crippen molar-refractivity contribution in [3.8, 4) is 0 Å². The lowest BCUT2D eigenvalue weighted by atomic mass is 10.0. The Balaban J connectivity index is 2.26. The summed E-state index contributed by atoms with van der Waals surface area (Å²) in [6.07, 6.45) is 4.83. The van der Waals surface area contributed by atoms with E-state index in [4.69, 9.17) is 21.9 Å². The second-order valence-corrected chi connectivity index (χ2v) is 3.61.